The zero-order chi connectivity index (χ0) is 25.1. The summed E-state index contributed by atoms with van der Waals surface area (Å²) in [7, 11) is -3.06. The topological polar surface area (TPSA) is 77.5 Å². The molecule has 1 aliphatic carbocycles. The molecule has 0 spiro atoms. The predicted octanol–water partition coefficient (Wildman–Crippen LogP) is 7.09. The monoisotopic (exact) mass is 500 g/mol. The largest absolute Gasteiger partial charge is 0.353 e. The molecule has 2 atom stereocenters. The van der Waals surface area contributed by atoms with Crippen LogP contribution in [0.3, 0.4) is 0 Å². The highest BCUT2D eigenvalue weighted by molar-refractivity contribution is 7.53. The van der Waals surface area contributed by atoms with Gasteiger partial charge in [-0.2, -0.15) is 0 Å². The SMILES string of the molecule is CCCCOP(=O)(CCCCC(CC)NC(=O)C1c2ccccc2-c2ncccc21)OCCCC. The van der Waals surface area contributed by atoms with Gasteiger partial charge in [0, 0.05) is 17.8 Å². The van der Waals surface area contributed by atoms with E-state index in [4.69, 9.17) is 9.05 Å². The Morgan fingerprint density at radius 3 is 2.34 bits per heavy atom. The van der Waals surface area contributed by atoms with Gasteiger partial charge in [-0.1, -0.05) is 70.4 Å². The van der Waals surface area contributed by atoms with Crippen LogP contribution in [0.25, 0.3) is 11.3 Å². The molecule has 0 aliphatic heterocycles. The number of hydrogen-bond acceptors (Lipinski definition) is 5. The average Bonchev–Trinajstić information content (AvgIpc) is 3.21. The van der Waals surface area contributed by atoms with Gasteiger partial charge in [-0.05, 0) is 49.3 Å². The van der Waals surface area contributed by atoms with Crippen LogP contribution in [0.15, 0.2) is 42.6 Å². The molecule has 1 aliphatic rings. The summed E-state index contributed by atoms with van der Waals surface area (Å²) in [4.78, 5) is 17.9. The molecule has 2 aromatic rings. The van der Waals surface area contributed by atoms with Crippen molar-refractivity contribution in [3.63, 3.8) is 0 Å². The molecule has 7 heteroatoms. The first-order valence-corrected chi connectivity index (χ1v) is 15.0. The van der Waals surface area contributed by atoms with Gasteiger partial charge in [-0.25, -0.2) is 0 Å². The van der Waals surface area contributed by atoms with E-state index in [0.717, 1.165) is 73.8 Å². The van der Waals surface area contributed by atoms with Gasteiger partial charge in [0.05, 0.1) is 31.0 Å². The van der Waals surface area contributed by atoms with E-state index in [0.29, 0.717) is 19.4 Å². The first-order chi connectivity index (χ1) is 17.0. The Kier molecular flexibility index (Phi) is 11.0. The first kappa shape index (κ1) is 27.6. The molecular weight excluding hydrogens is 459 g/mol. The van der Waals surface area contributed by atoms with E-state index in [1.807, 2.05) is 36.4 Å². The number of fused-ring (bicyclic) bond motifs is 3. The number of carbonyl (C=O) groups excluding carboxylic acids is 1. The van der Waals surface area contributed by atoms with Gasteiger partial charge in [-0.15, -0.1) is 0 Å². The highest BCUT2D eigenvalue weighted by atomic mass is 31.2. The second kappa shape index (κ2) is 13.9. The Balaban J connectivity index is 1.54. The van der Waals surface area contributed by atoms with E-state index < -0.39 is 7.60 Å². The van der Waals surface area contributed by atoms with Crippen molar-refractivity contribution in [1.29, 1.82) is 0 Å². The zero-order valence-electron chi connectivity index (χ0n) is 21.5. The van der Waals surface area contributed by atoms with Crippen LogP contribution in [-0.4, -0.2) is 36.3 Å². The number of benzene rings is 1. The van der Waals surface area contributed by atoms with E-state index in [2.05, 4.69) is 31.1 Å². The van der Waals surface area contributed by atoms with E-state index in [1.54, 1.807) is 6.20 Å². The molecule has 3 rings (SSSR count). The molecular formula is C28H41N2O4P. The van der Waals surface area contributed by atoms with Crippen LogP contribution in [0.2, 0.25) is 0 Å². The number of rotatable bonds is 16. The number of nitrogens with zero attached hydrogens (tertiary/aromatic N) is 1. The fraction of sp³-hybridized carbons (Fsp3) is 0.571. The van der Waals surface area contributed by atoms with Crippen LogP contribution >= 0.6 is 7.60 Å². The minimum atomic E-state index is -3.06. The quantitative estimate of drug-likeness (QED) is 0.197. The number of pyridine rings is 1. The van der Waals surface area contributed by atoms with Gasteiger partial charge >= 0.3 is 7.60 Å². The van der Waals surface area contributed by atoms with Gasteiger partial charge in [-0.3, -0.25) is 14.3 Å². The third-order valence-corrected chi connectivity index (χ3v) is 8.60. The summed E-state index contributed by atoms with van der Waals surface area (Å²) < 4.78 is 24.6. The summed E-state index contributed by atoms with van der Waals surface area (Å²) in [6, 6.07) is 12.0. The molecule has 6 nitrogen and oxygen atoms in total. The van der Waals surface area contributed by atoms with E-state index in [9.17, 15) is 9.36 Å². The minimum Gasteiger partial charge on any atom is -0.353 e. The normalized spacial score (nSPS) is 15.5. The Morgan fingerprint density at radius 2 is 1.66 bits per heavy atom. The number of nitrogens with one attached hydrogen (secondary N) is 1. The Labute approximate surface area is 210 Å². The summed E-state index contributed by atoms with van der Waals surface area (Å²) in [5.74, 6) is -0.310. The lowest BCUT2D eigenvalue weighted by Gasteiger charge is -2.22. The maximum atomic E-state index is 13.4. The molecule has 0 bridgehead atoms. The molecule has 0 saturated heterocycles. The Morgan fingerprint density at radius 1 is 0.971 bits per heavy atom. The summed E-state index contributed by atoms with van der Waals surface area (Å²) in [5.41, 5.74) is 3.93. The molecule has 1 aromatic carbocycles. The van der Waals surface area contributed by atoms with E-state index in [-0.39, 0.29) is 17.9 Å². The van der Waals surface area contributed by atoms with Gasteiger partial charge in [0.2, 0.25) is 5.91 Å². The molecule has 0 fully saturated rings. The molecule has 35 heavy (non-hydrogen) atoms. The predicted molar refractivity (Wildman–Crippen MR) is 142 cm³/mol. The minimum absolute atomic E-state index is 0.0209. The van der Waals surface area contributed by atoms with E-state index >= 15 is 0 Å². The van der Waals surface area contributed by atoms with Crippen molar-refractivity contribution in [2.75, 3.05) is 19.4 Å². The fourth-order valence-corrected chi connectivity index (χ4v) is 6.27. The van der Waals surface area contributed by atoms with Crippen LogP contribution in [0.4, 0.5) is 0 Å². The lowest BCUT2D eigenvalue weighted by Crippen LogP contribution is -2.37. The maximum Gasteiger partial charge on any atom is 0.330 e. The molecule has 1 heterocycles. The van der Waals surface area contributed by atoms with Crippen molar-refractivity contribution < 1.29 is 18.4 Å². The van der Waals surface area contributed by atoms with E-state index in [1.165, 1.54) is 0 Å². The second-order valence-electron chi connectivity index (χ2n) is 9.28. The summed E-state index contributed by atoms with van der Waals surface area (Å²) >= 11 is 0. The number of carbonyl (C=O) groups is 1. The summed E-state index contributed by atoms with van der Waals surface area (Å²) in [5, 5.41) is 3.27. The van der Waals surface area contributed by atoms with Crippen molar-refractivity contribution in [3.05, 3.63) is 53.7 Å². The van der Waals surface area contributed by atoms with Crippen molar-refractivity contribution in [1.82, 2.24) is 10.3 Å². The molecule has 0 saturated carbocycles. The number of aromatic nitrogens is 1. The second-order valence-corrected chi connectivity index (χ2v) is 11.5. The van der Waals surface area contributed by atoms with Crippen LogP contribution in [0.1, 0.15) is 89.2 Å². The lowest BCUT2D eigenvalue weighted by molar-refractivity contribution is -0.122. The van der Waals surface area contributed by atoms with Gasteiger partial charge in [0.15, 0.2) is 0 Å². The van der Waals surface area contributed by atoms with Crippen LogP contribution in [0.5, 0.6) is 0 Å². The molecule has 0 radical (unpaired) electrons. The zero-order valence-corrected chi connectivity index (χ0v) is 22.4. The van der Waals surface area contributed by atoms with Crippen LogP contribution < -0.4 is 5.32 Å². The molecule has 2 unspecified atom stereocenters. The van der Waals surface area contributed by atoms with Crippen LogP contribution in [-0.2, 0) is 18.4 Å². The highest BCUT2D eigenvalue weighted by Crippen LogP contribution is 2.49. The average molecular weight is 501 g/mol. The lowest BCUT2D eigenvalue weighted by atomic mass is 9.95. The number of hydrogen-bond donors (Lipinski definition) is 1. The van der Waals surface area contributed by atoms with Gasteiger partial charge in [0.1, 0.15) is 0 Å². The van der Waals surface area contributed by atoms with Crippen molar-refractivity contribution in [3.8, 4) is 11.3 Å². The Hall–Kier alpha value is -2.01. The summed E-state index contributed by atoms with van der Waals surface area (Å²) in [6.45, 7) is 7.23. The smallest absolute Gasteiger partial charge is 0.330 e. The number of unbranched alkanes of at least 4 members (excludes halogenated alkanes) is 3. The number of amides is 1. The molecule has 1 N–H and O–H groups in total. The Bertz CT molecular complexity index is 937. The highest BCUT2D eigenvalue weighted by Gasteiger charge is 2.35. The van der Waals surface area contributed by atoms with Crippen molar-refractivity contribution >= 4 is 13.5 Å². The van der Waals surface area contributed by atoms with Gasteiger partial charge < -0.3 is 14.4 Å². The van der Waals surface area contributed by atoms with Gasteiger partial charge in [0.25, 0.3) is 0 Å². The molecule has 1 amide bonds. The van der Waals surface area contributed by atoms with Crippen molar-refractivity contribution in [2.24, 2.45) is 0 Å². The fourth-order valence-electron chi connectivity index (χ4n) is 4.51. The molecule has 1 aromatic heterocycles. The molecule has 192 valence electrons. The standard InChI is InChI=1S/C28H41N2O4P/c1-4-7-19-33-35(32,34-20-8-5-2)21-12-11-14-22(6-3)30-28(31)26-23-15-9-10-16-24(23)27-25(26)17-13-18-29-27/h9-10,13,15-18,22,26H,4-8,11-12,14,19-21H2,1-3H3,(H,30,31). The third-order valence-electron chi connectivity index (χ3n) is 6.58. The van der Waals surface area contributed by atoms with Crippen molar-refractivity contribution in [2.45, 2.75) is 84.1 Å². The summed E-state index contributed by atoms with van der Waals surface area (Å²) in [6.07, 6.45) is 9.26. The third kappa shape index (κ3) is 7.49. The maximum absolute atomic E-state index is 13.4. The first-order valence-electron chi connectivity index (χ1n) is 13.3. The van der Waals surface area contributed by atoms with Crippen LogP contribution in [0, 0.1) is 0 Å².